The molecule has 0 amide bonds. The van der Waals surface area contributed by atoms with E-state index in [4.69, 9.17) is 4.74 Å². The molecule has 1 aliphatic heterocycles. The smallest absolute Gasteiger partial charge is 0.0940 e. The molecular weight excluding hydrogens is 484 g/mol. The highest BCUT2D eigenvalue weighted by Gasteiger charge is 2.57. The molecule has 1 heteroatoms. The molecule has 0 aromatic carbocycles. The summed E-state index contributed by atoms with van der Waals surface area (Å²) in [5.74, 6) is 7.14. The summed E-state index contributed by atoms with van der Waals surface area (Å²) in [4.78, 5) is 0. The molecule has 0 N–H and O–H groups in total. The molecule has 1 heterocycles. The molecule has 1 nitrogen and oxygen atoms in total. The van der Waals surface area contributed by atoms with E-state index in [0.29, 0.717) is 22.2 Å². The standard InChI is InChI=1S/C23H36O.2C5H12.2C2H6.C2H4/c1-14(2)15(3)6-20-8-18-7-19-10-22(17(5)21(20)9-18)23(12-19)11-16(4)24-13-23;2*1-5(2,3)4;3*1-2/h14,17-22H,3-4,6-13H2,1-2,5H3;2*1-4H3;2*1-2H3;1-2H2. The fraction of sp³-hybridized carbons (Fsp3) is 0.846. The lowest BCUT2D eigenvalue weighted by Gasteiger charge is -2.38. The summed E-state index contributed by atoms with van der Waals surface area (Å²) < 4.78 is 5.92. The molecule has 0 aromatic heterocycles. The van der Waals surface area contributed by atoms with Crippen molar-refractivity contribution in [3.8, 4) is 0 Å². The van der Waals surface area contributed by atoms with Crippen molar-refractivity contribution in [2.45, 2.75) is 149 Å². The van der Waals surface area contributed by atoms with Gasteiger partial charge in [-0.05, 0) is 90.8 Å². The van der Waals surface area contributed by atoms with Crippen LogP contribution in [0.5, 0.6) is 0 Å². The monoisotopic (exact) mass is 561 g/mol. The molecule has 3 saturated carbocycles. The van der Waals surface area contributed by atoms with Gasteiger partial charge in [0.25, 0.3) is 0 Å². The largest absolute Gasteiger partial charge is 0.498 e. The first-order valence-electron chi connectivity index (χ1n) is 16.9. The molecular formula is C39H76O. The van der Waals surface area contributed by atoms with E-state index < -0.39 is 0 Å². The minimum absolute atomic E-state index is 0.436. The van der Waals surface area contributed by atoms with Gasteiger partial charge in [-0.15, -0.1) is 13.2 Å². The van der Waals surface area contributed by atoms with E-state index in [2.05, 4.69) is 102 Å². The van der Waals surface area contributed by atoms with Crippen molar-refractivity contribution in [3.05, 3.63) is 37.6 Å². The van der Waals surface area contributed by atoms with Crippen LogP contribution in [-0.2, 0) is 4.74 Å². The van der Waals surface area contributed by atoms with Crippen LogP contribution < -0.4 is 0 Å². The van der Waals surface area contributed by atoms with Crippen LogP contribution in [0.2, 0.25) is 0 Å². The molecule has 7 atom stereocenters. The van der Waals surface area contributed by atoms with Crippen LogP contribution in [-0.4, -0.2) is 6.61 Å². The third-order valence-electron chi connectivity index (χ3n) is 8.35. The lowest BCUT2D eigenvalue weighted by atomic mass is 9.65. The maximum absolute atomic E-state index is 5.92. The van der Waals surface area contributed by atoms with Gasteiger partial charge >= 0.3 is 0 Å². The molecule has 4 aliphatic rings. The zero-order chi connectivity index (χ0) is 32.1. The summed E-state index contributed by atoms with van der Waals surface area (Å²) in [6.07, 6.45) is 9.73. The molecule has 4 fully saturated rings. The predicted octanol–water partition coefficient (Wildman–Crippen LogP) is 13.2. The number of allylic oxidation sites excluding steroid dienone is 2. The van der Waals surface area contributed by atoms with Gasteiger partial charge in [0, 0.05) is 11.8 Å². The Kier molecular flexibility index (Phi) is 19.1. The zero-order valence-electron chi connectivity index (χ0n) is 30.4. The lowest BCUT2D eigenvalue weighted by molar-refractivity contribution is 0.0731. The zero-order valence-corrected chi connectivity index (χ0v) is 30.4. The van der Waals surface area contributed by atoms with Crippen molar-refractivity contribution < 1.29 is 4.74 Å². The Morgan fingerprint density at radius 2 is 1.32 bits per heavy atom. The molecule has 4 rings (SSSR count). The minimum Gasteiger partial charge on any atom is -0.498 e. The molecule has 4 bridgehead atoms. The summed E-state index contributed by atoms with van der Waals surface area (Å²) in [5, 5.41) is 0. The van der Waals surface area contributed by atoms with Crippen molar-refractivity contribution in [1.82, 2.24) is 0 Å². The van der Waals surface area contributed by atoms with Gasteiger partial charge in [0.05, 0.1) is 12.4 Å². The van der Waals surface area contributed by atoms with E-state index in [1.807, 2.05) is 27.7 Å². The highest BCUT2D eigenvalue weighted by atomic mass is 16.5. The topological polar surface area (TPSA) is 9.23 Å². The van der Waals surface area contributed by atoms with Crippen LogP contribution >= 0.6 is 0 Å². The Labute approximate surface area is 255 Å². The van der Waals surface area contributed by atoms with E-state index in [-0.39, 0.29) is 0 Å². The van der Waals surface area contributed by atoms with Crippen molar-refractivity contribution in [3.63, 3.8) is 0 Å². The van der Waals surface area contributed by atoms with Gasteiger partial charge < -0.3 is 4.74 Å². The first kappa shape index (κ1) is 41.2. The van der Waals surface area contributed by atoms with Gasteiger partial charge in [0.15, 0.2) is 0 Å². The normalized spacial score (nSPS) is 31.6. The predicted molar refractivity (Wildman–Crippen MR) is 185 cm³/mol. The average molecular weight is 561 g/mol. The molecule has 0 aromatic rings. The fourth-order valence-electron chi connectivity index (χ4n) is 7.17. The van der Waals surface area contributed by atoms with E-state index in [1.54, 1.807) is 0 Å². The van der Waals surface area contributed by atoms with Crippen LogP contribution in [0.15, 0.2) is 37.6 Å². The van der Waals surface area contributed by atoms with Crippen LogP contribution in [0.3, 0.4) is 0 Å². The van der Waals surface area contributed by atoms with Gasteiger partial charge in [0.2, 0.25) is 0 Å². The molecule has 1 spiro atoms. The first-order valence-corrected chi connectivity index (χ1v) is 16.9. The fourth-order valence-corrected chi connectivity index (χ4v) is 7.17. The highest BCUT2D eigenvalue weighted by molar-refractivity contribution is 5.11. The number of rotatable bonds is 3. The second-order valence-corrected chi connectivity index (χ2v) is 16.2. The Bertz CT molecular complexity index is 677. The van der Waals surface area contributed by atoms with Gasteiger partial charge in [-0.2, -0.15) is 0 Å². The summed E-state index contributed by atoms with van der Waals surface area (Å²) >= 11 is 0. The first-order chi connectivity index (χ1) is 18.4. The van der Waals surface area contributed by atoms with Crippen molar-refractivity contribution >= 4 is 0 Å². The summed E-state index contributed by atoms with van der Waals surface area (Å²) in [5.41, 5.74) is 2.92. The van der Waals surface area contributed by atoms with Gasteiger partial charge in [-0.1, -0.05) is 123 Å². The maximum atomic E-state index is 5.92. The summed E-state index contributed by atoms with van der Waals surface area (Å²) in [6, 6.07) is 0. The molecule has 7 unspecified atom stereocenters. The van der Waals surface area contributed by atoms with E-state index in [1.165, 1.54) is 44.1 Å². The third-order valence-corrected chi connectivity index (χ3v) is 8.35. The third kappa shape index (κ3) is 14.8. The van der Waals surface area contributed by atoms with Crippen molar-refractivity contribution in [2.75, 3.05) is 6.61 Å². The molecule has 1 saturated heterocycles. The average Bonchev–Trinajstić information content (AvgIpc) is 3.52. The molecule has 238 valence electrons. The maximum Gasteiger partial charge on any atom is 0.0940 e. The molecule has 3 aliphatic carbocycles. The van der Waals surface area contributed by atoms with Crippen molar-refractivity contribution in [2.24, 2.45) is 57.7 Å². The van der Waals surface area contributed by atoms with E-state index >= 15 is 0 Å². The number of ether oxygens (including phenoxy) is 1. The van der Waals surface area contributed by atoms with Gasteiger partial charge in [-0.3, -0.25) is 0 Å². The van der Waals surface area contributed by atoms with Gasteiger partial charge in [0.1, 0.15) is 0 Å². The van der Waals surface area contributed by atoms with Crippen LogP contribution in [0.1, 0.15) is 149 Å². The van der Waals surface area contributed by atoms with Crippen molar-refractivity contribution in [1.29, 1.82) is 0 Å². The number of hydrogen-bond acceptors (Lipinski definition) is 1. The summed E-state index contributed by atoms with van der Waals surface area (Å²) in [6.45, 7) is 48.2. The Morgan fingerprint density at radius 3 is 1.73 bits per heavy atom. The van der Waals surface area contributed by atoms with Crippen LogP contribution in [0, 0.1) is 57.7 Å². The van der Waals surface area contributed by atoms with Crippen LogP contribution in [0.25, 0.3) is 0 Å². The number of hydrogen-bond donors (Lipinski definition) is 0. The molecule has 40 heavy (non-hydrogen) atoms. The summed E-state index contributed by atoms with van der Waals surface area (Å²) in [7, 11) is 0. The quantitative estimate of drug-likeness (QED) is 0.312. The highest BCUT2D eigenvalue weighted by Crippen LogP contribution is 2.63. The number of fused-ring (bicyclic) bond motifs is 5. The Morgan fingerprint density at radius 1 is 0.850 bits per heavy atom. The van der Waals surface area contributed by atoms with Crippen LogP contribution in [0.4, 0.5) is 0 Å². The van der Waals surface area contributed by atoms with Gasteiger partial charge in [-0.25, -0.2) is 0 Å². The lowest BCUT2D eigenvalue weighted by Crippen LogP contribution is -2.35. The Hall–Kier alpha value is -0.980. The Balaban J connectivity index is 0. The SMILES string of the molecule is C=C.C=C1CC2(CO1)CC1CC3CC(CC(=C)C(C)C)C(C3)C(C)C2C1.CC.CC.CC(C)(C)C.CC(C)(C)C. The second kappa shape index (κ2) is 18.5. The minimum atomic E-state index is 0.436. The molecule has 0 radical (unpaired) electrons. The van der Waals surface area contributed by atoms with E-state index in [0.717, 1.165) is 54.3 Å². The van der Waals surface area contributed by atoms with E-state index in [9.17, 15) is 0 Å². The second-order valence-electron chi connectivity index (χ2n) is 16.2.